The van der Waals surface area contributed by atoms with Crippen molar-refractivity contribution in [3.05, 3.63) is 12.2 Å². The van der Waals surface area contributed by atoms with Crippen LogP contribution in [0.1, 0.15) is 46.5 Å². The number of fused-ring (bicyclic) bond motifs is 1. The van der Waals surface area contributed by atoms with Crippen LogP contribution >= 0.6 is 0 Å². The molecule has 2 rings (SSSR count). The van der Waals surface area contributed by atoms with Crippen LogP contribution in [-0.2, 0) is 9.53 Å². The van der Waals surface area contributed by atoms with E-state index < -0.39 is 17.7 Å². The van der Waals surface area contributed by atoms with Crippen molar-refractivity contribution in [3.8, 4) is 0 Å². The first-order valence-corrected chi connectivity index (χ1v) is 7.33. The number of hydrogen-bond acceptors (Lipinski definition) is 3. The number of hydrogen-bond donors (Lipinski definition) is 1. The van der Waals surface area contributed by atoms with Crippen LogP contribution in [0.25, 0.3) is 0 Å². The van der Waals surface area contributed by atoms with Crippen molar-refractivity contribution in [2.45, 2.75) is 64.1 Å². The Morgan fingerprint density at radius 1 is 1.40 bits per heavy atom. The van der Waals surface area contributed by atoms with Crippen LogP contribution in [-0.4, -0.2) is 41.1 Å². The van der Waals surface area contributed by atoms with Crippen LogP contribution in [0.4, 0.5) is 4.79 Å². The van der Waals surface area contributed by atoms with Gasteiger partial charge in [0.05, 0.1) is 6.04 Å². The molecule has 0 aromatic carbocycles. The smallest absolute Gasteiger partial charge is 0.408 e. The molecule has 112 valence electrons. The van der Waals surface area contributed by atoms with E-state index in [0.29, 0.717) is 6.42 Å². The van der Waals surface area contributed by atoms with E-state index >= 15 is 0 Å². The molecule has 2 aliphatic heterocycles. The van der Waals surface area contributed by atoms with E-state index in [2.05, 4.69) is 11.4 Å². The van der Waals surface area contributed by atoms with Gasteiger partial charge in [0, 0.05) is 6.54 Å². The van der Waals surface area contributed by atoms with Crippen LogP contribution in [0.3, 0.4) is 0 Å². The minimum absolute atomic E-state index is 0.00515. The van der Waals surface area contributed by atoms with E-state index in [4.69, 9.17) is 4.74 Å². The van der Waals surface area contributed by atoms with Crippen LogP contribution in [0.2, 0.25) is 0 Å². The summed E-state index contributed by atoms with van der Waals surface area (Å²) in [6.45, 7) is 6.20. The van der Waals surface area contributed by atoms with Crippen LogP contribution in [0, 0.1) is 0 Å². The maximum absolute atomic E-state index is 12.5. The predicted molar refractivity (Wildman–Crippen MR) is 76.3 cm³/mol. The van der Waals surface area contributed by atoms with E-state index in [-0.39, 0.29) is 11.9 Å². The minimum Gasteiger partial charge on any atom is -0.444 e. The Morgan fingerprint density at radius 2 is 2.15 bits per heavy atom. The highest BCUT2D eigenvalue weighted by Crippen LogP contribution is 2.22. The molecule has 2 amide bonds. The Bertz CT molecular complexity index is 412. The topological polar surface area (TPSA) is 58.6 Å². The summed E-state index contributed by atoms with van der Waals surface area (Å²) in [4.78, 5) is 26.2. The molecule has 1 saturated heterocycles. The molecule has 0 spiro atoms. The lowest BCUT2D eigenvalue weighted by molar-refractivity contribution is -0.135. The Hall–Kier alpha value is -1.52. The molecule has 0 saturated carbocycles. The molecule has 1 N–H and O–H groups in total. The second-order valence-corrected chi connectivity index (χ2v) is 6.46. The second-order valence-electron chi connectivity index (χ2n) is 6.46. The van der Waals surface area contributed by atoms with Crippen LogP contribution in [0.15, 0.2) is 12.2 Å². The van der Waals surface area contributed by atoms with E-state index in [0.717, 1.165) is 25.8 Å². The van der Waals surface area contributed by atoms with Gasteiger partial charge in [-0.25, -0.2) is 4.79 Å². The highest BCUT2D eigenvalue weighted by Gasteiger charge is 2.33. The van der Waals surface area contributed by atoms with E-state index in [1.54, 1.807) is 0 Å². The third kappa shape index (κ3) is 3.74. The normalized spacial score (nSPS) is 26.8. The first kappa shape index (κ1) is 14.9. The van der Waals surface area contributed by atoms with Crippen LogP contribution < -0.4 is 5.32 Å². The molecule has 0 bridgehead atoms. The number of ether oxygens (including phenoxy) is 1. The van der Waals surface area contributed by atoms with Gasteiger partial charge in [-0.2, -0.15) is 0 Å². The van der Waals surface area contributed by atoms with Gasteiger partial charge in [0.2, 0.25) is 5.91 Å². The fourth-order valence-corrected chi connectivity index (χ4v) is 2.67. The largest absolute Gasteiger partial charge is 0.444 e. The lowest BCUT2D eigenvalue weighted by atomic mass is 10.0. The molecule has 5 heteroatoms. The number of carbonyl (C=O) groups is 2. The van der Waals surface area contributed by atoms with Crippen molar-refractivity contribution in [3.63, 3.8) is 0 Å². The summed E-state index contributed by atoms with van der Waals surface area (Å²) in [6, 6.07) is -0.314. The zero-order valence-electron chi connectivity index (χ0n) is 12.5. The maximum Gasteiger partial charge on any atom is 0.408 e. The van der Waals surface area contributed by atoms with Crippen molar-refractivity contribution in [2.75, 3.05) is 6.54 Å². The number of carbonyl (C=O) groups excluding carboxylic acids is 2. The maximum atomic E-state index is 12.5. The average molecular weight is 280 g/mol. The molecule has 1 fully saturated rings. The number of nitrogens with zero attached hydrogens (tertiary/aromatic N) is 1. The Morgan fingerprint density at radius 3 is 2.85 bits per heavy atom. The van der Waals surface area contributed by atoms with E-state index in [9.17, 15) is 9.59 Å². The highest BCUT2D eigenvalue weighted by atomic mass is 16.6. The summed E-state index contributed by atoms with van der Waals surface area (Å²) >= 11 is 0. The Labute approximate surface area is 120 Å². The molecule has 5 nitrogen and oxygen atoms in total. The monoisotopic (exact) mass is 280 g/mol. The van der Waals surface area contributed by atoms with Crippen molar-refractivity contribution in [1.29, 1.82) is 0 Å². The third-order valence-electron chi connectivity index (χ3n) is 3.55. The average Bonchev–Trinajstić information content (AvgIpc) is 2.49. The number of alkyl carbamates (subject to hydrolysis) is 1. The molecule has 0 aromatic rings. The van der Waals surface area contributed by atoms with Gasteiger partial charge >= 0.3 is 6.09 Å². The van der Waals surface area contributed by atoms with Gasteiger partial charge in [-0.05, 0) is 46.5 Å². The first-order chi connectivity index (χ1) is 9.37. The number of rotatable bonds is 1. The lowest BCUT2D eigenvalue weighted by Gasteiger charge is -2.35. The quantitative estimate of drug-likeness (QED) is 0.749. The first-order valence-electron chi connectivity index (χ1n) is 7.33. The SMILES string of the molecule is CC(C)(C)OC(=O)N[C@H]1CC=C[C@H]2CCCCN2C1=O. The van der Waals surface area contributed by atoms with E-state index in [1.807, 2.05) is 31.7 Å². The summed E-state index contributed by atoms with van der Waals surface area (Å²) in [5, 5.41) is 2.69. The summed E-state index contributed by atoms with van der Waals surface area (Å²) in [5.74, 6) is 0.00515. The number of nitrogens with one attached hydrogen (secondary N) is 1. The minimum atomic E-state index is -0.554. The van der Waals surface area contributed by atoms with Gasteiger partial charge in [0.15, 0.2) is 0 Å². The van der Waals surface area contributed by atoms with Gasteiger partial charge in [-0.1, -0.05) is 12.2 Å². The molecule has 0 radical (unpaired) electrons. The highest BCUT2D eigenvalue weighted by molar-refractivity contribution is 5.86. The van der Waals surface area contributed by atoms with E-state index in [1.165, 1.54) is 0 Å². The molecule has 20 heavy (non-hydrogen) atoms. The zero-order chi connectivity index (χ0) is 14.8. The van der Waals surface area contributed by atoms with Gasteiger partial charge in [-0.3, -0.25) is 4.79 Å². The fourth-order valence-electron chi connectivity index (χ4n) is 2.67. The molecule has 0 aromatic heterocycles. The number of amides is 2. The van der Waals surface area contributed by atoms with Gasteiger partial charge in [0.25, 0.3) is 0 Å². The second kappa shape index (κ2) is 5.85. The summed E-state index contributed by atoms with van der Waals surface area (Å²) < 4.78 is 5.22. The lowest BCUT2D eigenvalue weighted by Crippen LogP contribution is -2.52. The summed E-state index contributed by atoms with van der Waals surface area (Å²) in [5.41, 5.74) is -0.554. The molecular weight excluding hydrogens is 256 g/mol. The van der Waals surface area contributed by atoms with Crippen molar-refractivity contribution >= 4 is 12.0 Å². The van der Waals surface area contributed by atoms with Crippen molar-refractivity contribution in [2.24, 2.45) is 0 Å². The molecule has 2 heterocycles. The van der Waals surface area contributed by atoms with Gasteiger partial charge < -0.3 is 15.0 Å². The van der Waals surface area contributed by atoms with Crippen molar-refractivity contribution < 1.29 is 14.3 Å². The number of piperidine rings is 1. The van der Waals surface area contributed by atoms with Gasteiger partial charge in [0.1, 0.15) is 11.6 Å². The molecule has 2 aliphatic rings. The standard InChI is InChI=1S/C15H24N2O3/c1-15(2,3)20-14(19)16-12-9-6-8-11-7-4-5-10-17(11)13(12)18/h6,8,11-12H,4-5,7,9-10H2,1-3H3,(H,16,19)/t11-,12+/m1/s1. The third-order valence-corrected chi connectivity index (χ3v) is 3.55. The summed E-state index contributed by atoms with van der Waals surface area (Å²) in [6.07, 6.45) is 7.30. The fraction of sp³-hybridized carbons (Fsp3) is 0.733. The van der Waals surface area contributed by atoms with Gasteiger partial charge in [-0.15, -0.1) is 0 Å². The Kier molecular flexibility index (Phi) is 4.35. The molecular formula is C15H24N2O3. The summed E-state index contributed by atoms with van der Waals surface area (Å²) in [7, 11) is 0. The molecule has 2 atom stereocenters. The zero-order valence-corrected chi connectivity index (χ0v) is 12.5. The Balaban J connectivity index is 2.00. The molecule has 0 aliphatic carbocycles. The van der Waals surface area contributed by atoms with Crippen LogP contribution in [0.5, 0.6) is 0 Å². The molecule has 0 unspecified atom stereocenters. The van der Waals surface area contributed by atoms with Crippen molar-refractivity contribution in [1.82, 2.24) is 10.2 Å². The predicted octanol–water partition coefficient (Wildman–Crippen LogP) is 2.22.